The van der Waals surface area contributed by atoms with Gasteiger partial charge in [-0.05, 0) is 56.2 Å². The predicted octanol–water partition coefficient (Wildman–Crippen LogP) is 3.97. The molecule has 0 radical (unpaired) electrons. The molecular formula is C20H23ClN2O4. The van der Waals surface area contributed by atoms with Crippen molar-refractivity contribution in [1.82, 2.24) is 5.43 Å². The predicted molar refractivity (Wildman–Crippen MR) is 106 cm³/mol. The first kappa shape index (κ1) is 20.6. The summed E-state index contributed by atoms with van der Waals surface area (Å²) in [6.45, 7) is 5.62. The molecule has 0 saturated heterocycles. The van der Waals surface area contributed by atoms with E-state index in [-0.39, 0.29) is 18.6 Å². The Bertz CT molecular complexity index is 822. The highest BCUT2D eigenvalue weighted by molar-refractivity contribution is 6.32. The number of halogens is 1. The molecule has 0 saturated carbocycles. The molecule has 1 amide bonds. The quantitative estimate of drug-likeness (QED) is 0.547. The number of hydrogen-bond acceptors (Lipinski definition) is 5. The molecular weight excluding hydrogens is 368 g/mol. The van der Waals surface area contributed by atoms with Gasteiger partial charge in [-0.3, -0.25) is 4.79 Å². The summed E-state index contributed by atoms with van der Waals surface area (Å²) in [7, 11) is 1.53. The smallest absolute Gasteiger partial charge is 0.277 e. The van der Waals surface area contributed by atoms with Crippen LogP contribution >= 0.6 is 11.6 Å². The highest BCUT2D eigenvalue weighted by atomic mass is 35.5. The Kier molecular flexibility index (Phi) is 7.49. The van der Waals surface area contributed by atoms with Crippen molar-refractivity contribution in [2.45, 2.75) is 26.9 Å². The number of hydrazone groups is 1. The number of carbonyl (C=O) groups is 1. The van der Waals surface area contributed by atoms with E-state index in [1.54, 1.807) is 18.2 Å². The minimum Gasteiger partial charge on any atom is -0.493 e. The van der Waals surface area contributed by atoms with Gasteiger partial charge < -0.3 is 14.2 Å². The molecule has 0 fully saturated rings. The van der Waals surface area contributed by atoms with Gasteiger partial charge in [-0.1, -0.05) is 23.7 Å². The van der Waals surface area contributed by atoms with E-state index in [2.05, 4.69) is 10.5 Å². The molecule has 0 aliphatic heterocycles. The molecule has 0 aliphatic rings. The Labute approximate surface area is 164 Å². The number of carbonyl (C=O) groups excluding carboxylic acids is 1. The molecule has 2 aromatic carbocycles. The Morgan fingerprint density at radius 2 is 2.07 bits per heavy atom. The van der Waals surface area contributed by atoms with E-state index in [4.69, 9.17) is 25.8 Å². The maximum absolute atomic E-state index is 11.8. The van der Waals surface area contributed by atoms with Gasteiger partial charge in [0.2, 0.25) is 0 Å². The zero-order chi connectivity index (χ0) is 19.8. The number of aryl methyl sites for hydroxylation is 1. The lowest BCUT2D eigenvalue weighted by Crippen LogP contribution is -2.24. The molecule has 1 N–H and O–H groups in total. The van der Waals surface area contributed by atoms with E-state index in [0.717, 1.165) is 5.56 Å². The lowest BCUT2D eigenvalue weighted by molar-refractivity contribution is -0.123. The first-order valence-corrected chi connectivity index (χ1v) is 8.82. The van der Waals surface area contributed by atoms with Gasteiger partial charge >= 0.3 is 0 Å². The van der Waals surface area contributed by atoms with Crippen LogP contribution < -0.4 is 19.6 Å². The largest absolute Gasteiger partial charge is 0.493 e. The van der Waals surface area contributed by atoms with Crippen LogP contribution in [0.15, 0.2) is 41.5 Å². The fourth-order valence-electron chi connectivity index (χ4n) is 2.23. The maximum atomic E-state index is 11.8. The van der Waals surface area contributed by atoms with Crippen molar-refractivity contribution in [1.29, 1.82) is 0 Å². The summed E-state index contributed by atoms with van der Waals surface area (Å²) in [5, 5.41) is 4.32. The van der Waals surface area contributed by atoms with E-state index >= 15 is 0 Å². The molecule has 27 heavy (non-hydrogen) atoms. The number of rotatable bonds is 8. The van der Waals surface area contributed by atoms with Crippen molar-refractivity contribution < 1.29 is 19.0 Å². The Balaban J connectivity index is 1.95. The summed E-state index contributed by atoms with van der Waals surface area (Å²) in [6.07, 6.45) is 1.43. The molecule has 144 valence electrons. The summed E-state index contributed by atoms with van der Waals surface area (Å²) in [5.41, 5.74) is 4.13. The number of benzene rings is 2. The van der Waals surface area contributed by atoms with E-state index in [1.807, 2.05) is 39.0 Å². The number of nitrogens with zero attached hydrogens (tertiary/aromatic N) is 1. The SMILES string of the molecule is COc1cc(/C=N\NC(=O)COc2cccc(C)c2)cc(Cl)c1OC(C)C. The lowest BCUT2D eigenvalue weighted by Gasteiger charge is -2.15. The molecule has 0 spiro atoms. The number of amides is 1. The zero-order valence-electron chi connectivity index (χ0n) is 15.8. The molecule has 0 heterocycles. The Morgan fingerprint density at radius 3 is 2.74 bits per heavy atom. The van der Waals surface area contributed by atoms with Crippen LogP contribution in [0.25, 0.3) is 0 Å². The molecule has 2 rings (SSSR count). The number of methoxy groups -OCH3 is 1. The minimum atomic E-state index is -0.370. The van der Waals surface area contributed by atoms with Crippen molar-refractivity contribution in [3.8, 4) is 17.2 Å². The van der Waals surface area contributed by atoms with E-state index in [9.17, 15) is 4.79 Å². The molecule has 6 nitrogen and oxygen atoms in total. The average molecular weight is 391 g/mol. The van der Waals surface area contributed by atoms with Crippen molar-refractivity contribution in [2.24, 2.45) is 5.10 Å². The number of hydrogen-bond donors (Lipinski definition) is 1. The van der Waals surface area contributed by atoms with Crippen molar-refractivity contribution in [3.05, 3.63) is 52.5 Å². The molecule has 0 unspecified atom stereocenters. The highest BCUT2D eigenvalue weighted by Gasteiger charge is 2.13. The summed E-state index contributed by atoms with van der Waals surface area (Å²) >= 11 is 6.26. The Hall–Kier alpha value is -2.73. The van der Waals surface area contributed by atoms with Crippen LogP contribution in [0.3, 0.4) is 0 Å². The van der Waals surface area contributed by atoms with E-state index < -0.39 is 0 Å². The fourth-order valence-corrected chi connectivity index (χ4v) is 2.49. The molecule has 0 atom stereocenters. The monoisotopic (exact) mass is 390 g/mol. The molecule has 7 heteroatoms. The van der Waals surface area contributed by atoms with Crippen LogP contribution in [0.1, 0.15) is 25.0 Å². The highest BCUT2D eigenvalue weighted by Crippen LogP contribution is 2.36. The molecule has 0 bridgehead atoms. The van der Waals surface area contributed by atoms with Crippen molar-refractivity contribution in [3.63, 3.8) is 0 Å². The van der Waals surface area contributed by atoms with Gasteiger partial charge in [-0.25, -0.2) is 5.43 Å². The Morgan fingerprint density at radius 1 is 1.30 bits per heavy atom. The van der Waals surface area contributed by atoms with Gasteiger partial charge in [0.05, 0.1) is 24.5 Å². The van der Waals surface area contributed by atoms with Crippen LogP contribution in [0.4, 0.5) is 0 Å². The normalized spacial score (nSPS) is 10.9. The van der Waals surface area contributed by atoms with E-state index in [1.165, 1.54) is 13.3 Å². The second-order valence-electron chi connectivity index (χ2n) is 6.10. The standard InChI is InChI=1S/C20H23ClN2O4/c1-13(2)27-20-17(21)9-15(10-18(20)25-4)11-22-23-19(24)12-26-16-7-5-6-14(3)8-16/h5-11,13H,12H2,1-4H3,(H,23,24)/b22-11-. The fraction of sp³-hybridized carbons (Fsp3) is 0.300. The van der Waals surface area contributed by atoms with Crippen LogP contribution in [-0.4, -0.2) is 31.9 Å². The summed E-state index contributed by atoms with van der Waals surface area (Å²) in [4.78, 5) is 11.8. The molecule has 2 aromatic rings. The van der Waals surface area contributed by atoms with Gasteiger partial charge in [0.25, 0.3) is 5.91 Å². The topological polar surface area (TPSA) is 69.2 Å². The van der Waals surface area contributed by atoms with Crippen LogP contribution in [0, 0.1) is 6.92 Å². The van der Waals surface area contributed by atoms with Gasteiger partial charge in [0.1, 0.15) is 5.75 Å². The van der Waals surface area contributed by atoms with Gasteiger partial charge in [0, 0.05) is 0 Å². The lowest BCUT2D eigenvalue weighted by atomic mass is 10.2. The number of ether oxygens (including phenoxy) is 3. The van der Waals surface area contributed by atoms with Gasteiger partial charge in [0.15, 0.2) is 18.1 Å². The van der Waals surface area contributed by atoms with Gasteiger partial charge in [-0.15, -0.1) is 0 Å². The minimum absolute atomic E-state index is 0.0383. The van der Waals surface area contributed by atoms with Crippen LogP contribution in [0.2, 0.25) is 5.02 Å². The van der Waals surface area contributed by atoms with Crippen molar-refractivity contribution >= 4 is 23.7 Å². The van der Waals surface area contributed by atoms with Gasteiger partial charge in [-0.2, -0.15) is 5.10 Å². The second kappa shape index (κ2) is 9.83. The first-order valence-electron chi connectivity index (χ1n) is 8.44. The number of nitrogens with one attached hydrogen (secondary N) is 1. The summed E-state index contributed by atoms with van der Waals surface area (Å²) in [5.74, 6) is 1.23. The zero-order valence-corrected chi connectivity index (χ0v) is 16.5. The molecule has 0 aliphatic carbocycles. The molecule has 0 aromatic heterocycles. The average Bonchev–Trinajstić information content (AvgIpc) is 2.61. The summed E-state index contributed by atoms with van der Waals surface area (Å²) in [6, 6.07) is 10.9. The second-order valence-corrected chi connectivity index (χ2v) is 6.51. The van der Waals surface area contributed by atoms with Crippen molar-refractivity contribution in [2.75, 3.05) is 13.7 Å². The first-order chi connectivity index (χ1) is 12.9. The third-order valence-electron chi connectivity index (χ3n) is 3.37. The van der Waals surface area contributed by atoms with E-state index in [0.29, 0.717) is 27.8 Å². The summed E-state index contributed by atoms with van der Waals surface area (Å²) < 4.78 is 16.4. The van der Waals surface area contributed by atoms with Crippen LogP contribution in [0.5, 0.6) is 17.2 Å². The van der Waals surface area contributed by atoms with Crippen LogP contribution in [-0.2, 0) is 4.79 Å². The third-order valence-corrected chi connectivity index (χ3v) is 3.65. The maximum Gasteiger partial charge on any atom is 0.277 e. The third kappa shape index (κ3) is 6.49.